The molecule has 0 bridgehead atoms. The maximum Gasteiger partial charge on any atom is 0.305 e. The summed E-state index contributed by atoms with van der Waals surface area (Å²) in [4.78, 5) is 34.2. The Kier molecular flexibility index (Phi) is 6.28. The Bertz CT molecular complexity index is 531. The lowest BCUT2D eigenvalue weighted by molar-refractivity contribution is -0.384. The van der Waals surface area contributed by atoms with Crippen molar-refractivity contribution in [2.75, 3.05) is 19.7 Å². The second kappa shape index (κ2) is 7.95. The standard InChI is InChI=1S/C13H16N2O6/c16-8-2-6-14(7-5-12(17)18)13(19)10-3-1-4-11(9-10)15(20)21/h1,3-4,9,16H,2,5-8H2,(H,17,18). The van der Waals surface area contributed by atoms with Gasteiger partial charge in [-0.05, 0) is 12.5 Å². The van der Waals surface area contributed by atoms with Gasteiger partial charge in [0.2, 0.25) is 0 Å². The molecule has 1 amide bonds. The highest BCUT2D eigenvalue weighted by atomic mass is 16.6. The zero-order chi connectivity index (χ0) is 15.8. The van der Waals surface area contributed by atoms with E-state index in [0.29, 0.717) is 6.42 Å². The molecule has 0 saturated carbocycles. The molecule has 1 aromatic carbocycles. The smallest absolute Gasteiger partial charge is 0.305 e. The van der Waals surface area contributed by atoms with Crippen LogP contribution in [0.15, 0.2) is 24.3 Å². The summed E-state index contributed by atoms with van der Waals surface area (Å²) in [6.45, 7) is 0.0357. The minimum atomic E-state index is -1.05. The van der Waals surface area contributed by atoms with Gasteiger partial charge >= 0.3 is 5.97 Å². The van der Waals surface area contributed by atoms with Gasteiger partial charge in [-0.2, -0.15) is 0 Å². The molecule has 2 N–H and O–H groups in total. The molecular formula is C13H16N2O6. The molecule has 0 radical (unpaired) electrons. The van der Waals surface area contributed by atoms with E-state index < -0.39 is 16.8 Å². The van der Waals surface area contributed by atoms with Crippen LogP contribution in [0.1, 0.15) is 23.2 Å². The lowest BCUT2D eigenvalue weighted by atomic mass is 10.1. The van der Waals surface area contributed by atoms with Gasteiger partial charge in [-0.15, -0.1) is 0 Å². The highest BCUT2D eigenvalue weighted by molar-refractivity contribution is 5.95. The van der Waals surface area contributed by atoms with Crippen molar-refractivity contribution in [3.63, 3.8) is 0 Å². The number of aliphatic hydroxyl groups is 1. The first-order valence-electron chi connectivity index (χ1n) is 6.32. The number of amides is 1. The molecule has 0 aromatic heterocycles. The first kappa shape index (κ1) is 16.6. The fraction of sp³-hybridized carbons (Fsp3) is 0.385. The number of non-ortho nitro benzene ring substituents is 1. The van der Waals surface area contributed by atoms with E-state index in [1.807, 2.05) is 0 Å². The molecule has 0 saturated heterocycles. The summed E-state index contributed by atoms with van der Waals surface area (Å²) in [5.74, 6) is -1.54. The summed E-state index contributed by atoms with van der Waals surface area (Å²) in [6.07, 6.45) is 0.0758. The predicted octanol–water partition coefficient (Wildman–Crippen LogP) is 0.894. The molecule has 0 atom stereocenters. The van der Waals surface area contributed by atoms with Crippen LogP contribution in [0, 0.1) is 10.1 Å². The van der Waals surface area contributed by atoms with Crippen LogP contribution in [0.3, 0.4) is 0 Å². The Balaban J connectivity index is 2.89. The van der Waals surface area contributed by atoms with Gasteiger partial charge in [0.25, 0.3) is 11.6 Å². The summed E-state index contributed by atoms with van der Waals surface area (Å²) < 4.78 is 0. The molecule has 0 fully saturated rings. The van der Waals surface area contributed by atoms with Gasteiger partial charge in [0.15, 0.2) is 0 Å². The Morgan fingerprint density at radius 1 is 1.29 bits per heavy atom. The molecule has 1 aromatic rings. The second-order valence-corrected chi connectivity index (χ2v) is 4.32. The maximum absolute atomic E-state index is 12.3. The van der Waals surface area contributed by atoms with Crippen LogP contribution in [-0.2, 0) is 4.79 Å². The third kappa shape index (κ3) is 5.19. The topological polar surface area (TPSA) is 121 Å². The fourth-order valence-electron chi connectivity index (χ4n) is 1.74. The van der Waals surface area contributed by atoms with E-state index in [0.717, 1.165) is 6.07 Å². The number of carbonyl (C=O) groups excluding carboxylic acids is 1. The summed E-state index contributed by atoms with van der Waals surface area (Å²) in [6, 6.07) is 5.25. The number of rotatable bonds is 8. The van der Waals surface area contributed by atoms with Crippen molar-refractivity contribution in [3.8, 4) is 0 Å². The van der Waals surface area contributed by atoms with E-state index in [1.54, 1.807) is 0 Å². The number of aliphatic carboxylic acids is 1. The number of nitro benzene ring substituents is 1. The average Bonchev–Trinajstić information content (AvgIpc) is 2.46. The minimum absolute atomic E-state index is 0.0170. The number of nitrogens with zero attached hydrogens (tertiary/aromatic N) is 2. The lowest BCUT2D eigenvalue weighted by Crippen LogP contribution is -2.34. The Labute approximate surface area is 120 Å². The minimum Gasteiger partial charge on any atom is -0.481 e. The zero-order valence-electron chi connectivity index (χ0n) is 11.3. The van der Waals surface area contributed by atoms with E-state index >= 15 is 0 Å². The molecule has 0 heterocycles. The van der Waals surface area contributed by atoms with Crippen molar-refractivity contribution in [2.45, 2.75) is 12.8 Å². The molecule has 1 rings (SSSR count). The third-order valence-electron chi connectivity index (χ3n) is 2.77. The highest BCUT2D eigenvalue weighted by Crippen LogP contribution is 2.15. The number of hydrogen-bond acceptors (Lipinski definition) is 5. The third-order valence-corrected chi connectivity index (χ3v) is 2.77. The van der Waals surface area contributed by atoms with Gasteiger partial charge in [-0.25, -0.2) is 0 Å². The summed E-state index contributed by atoms with van der Waals surface area (Å²) in [5, 5.41) is 28.2. The molecular weight excluding hydrogens is 280 g/mol. The average molecular weight is 296 g/mol. The van der Waals surface area contributed by atoms with Crippen LogP contribution in [0.5, 0.6) is 0 Å². The van der Waals surface area contributed by atoms with E-state index in [-0.39, 0.29) is 37.4 Å². The number of aliphatic hydroxyl groups excluding tert-OH is 1. The van der Waals surface area contributed by atoms with Crippen molar-refractivity contribution in [3.05, 3.63) is 39.9 Å². The van der Waals surface area contributed by atoms with Gasteiger partial charge < -0.3 is 15.1 Å². The first-order valence-corrected chi connectivity index (χ1v) is 6.32. The van der Waals surface area contributed by atoms with Crippen molar-refractivity contribution < 1.29 is 24.7 Å². The Morgan fingerprint density at radius 2 is 2.00 bits per heavy atom. The van der Waals surface area contributed by atoms with Crippen molar-refractivity contribution in [1.82, 2.24) is 4.90 Å². The number of hydrogen-bond donors (Lipinski definition) is 2. The van der Waals surface area contributed by atoms with E-state index in [1.165, 1.54) is 23.1 Å². The second-order valence-electron chi connectivity index (χ2n) is 4.32. The Hall–Kier alpha value is -2.48. The number of carboxylic acids is 1. The molecule has 21 heavy (non-hydrogen) atoms. The van der Waals surface area contributed by atoms with Gasteiger partial charge in [0.1, 0.15) is 0 Å². The van der Waals surface area contributed by atoms with Gasteiger partial charge in [0.05, 0.1) is 11.3 Å². The number of nitro groups is 1. The monoisotopic (exact) mass is 296 g/mol. The van der Waals surface area contributed by atoms with Crippen LogP contribution in [-0.4, -0.2) is 51.6 Å². The quantitative estimate of drug-likeness (QED) is 0.543. The van der Waals surface area contributed by atoms with Crippen LogP contribution in [0.25, 0.3) is 0 Å². The lowest BCUT2D eigenvalue weighted by Gasteiger charge is -2.21. The number of carboxylic acid groups (broad SMARTS) is 1. The van der Waals surface area contributed by atoms with Crippen LogP contribution in [0.2, 0.25) is 0 Å². The van der Waals surface area contributed by atoms with Crippen LogP contribution < -0.4 is 0 Å². The Morgan fingerprint density at radius 3 is 2.57 bits per heavy atom. The molecule has 0 aliphatic rings. The van der Waals surface area contributed by atoms with Gasteiger partial charge in [0, 0.05) is 37.4 Å². The molecule has 0 aliphatic carbocycles. The number of carbonyl (C=O) groups is 2. The van der Waals surface area contributed by atoms with Crippen LogP contribution >= 0.6 is 0 Å². The SMILES string of the molecule is O=C(O)CCN(CCCO)C(=O)c1cccc([N+](=O)[O-])c1. The fourth-order valence-corrected chi connectivity index (χ4v) is 1.74. The normalized spacial score (nSPS) is 10.1. The molecule has 8 heteroatoms. The molecule has 0 aliphatic heterocycles. The van der Waals surface area contributed by atoms with Crippen LogP contribution in [0.4, 0.5) is 5.69 Å². The highest BCUT2D eigenvalue weighted by Gasteiger charge is 2.18. The van der Waals surface area contributed by atoms with E-state index in [9.17, 15) is 19.7 Å². The van der Waals surface area contributed by atoms with Crippen molar-refractivity contribution in [2.24, 2.45) is 0 Å². The predicted molar refractivity (Wildman–Crippen MR) is 73.0 cm³/mol. The summed E-state index contributed by atoms with van der Waals surface area (Å²) in [5.41, 5.74) is -0.0891. The number of benzene rings is 1. The van der Waals surface area contributed by atoms with Crippen molar-refractivity contribution in [1.29, 1.82) is 0 Å². The van der Waals surface area contributed by atoms with Gasteiger partial charge in [-0.3, -0.25) is 19.7 Å². The molecule has 0 spiro atoms. The zero-order valence-corrected chi connectivity index (χ0v) is 11.3. The van der Waals surface area contributed by atoms with E-state index in [2.05, 4.69) is 0 Å². The molecule has 8 nitrogen and oxygen atoms in total. The largest absolute Gasteiger partial charge is 0.481 e. The van der Waals surface area contributed by atoms with Crippen molar-refractivity contribution >= 4 is 17.6 Å². The summed E-state index contributed by atoms with van der Waals surface area (Å²) >= 11 is 0. The molecule has 0 unspecified atom stereocenters. The van der Waals surface area contributed by atoms with Gasteiger partial charge in [-0.1, -0.05) is 6.07 Å². The van der Waals surface area contributed by atoms with E-state index in [4.69, 9.17) is 10.2 Å². The maximum atomic E-state index is 12.3. The summed E-state index contributed by atoms with van der Waals surface area (Å²) in [7, 11) is 0. The first-order chi connectivity index (χ1) is 9.95. The molecule has 114 valence electrons.